The Morgan fingerprint density at radius 1 is 1.20 bits per heavy atom. The SMILES string of the molecule is CCC(NC(=O)[C@@H](N)C(C)CC)C(C)C. The first-order valence-corrected chi connectivity index (χ1v) is 5.99. The highest BCUT2D eigenvalue weighted by atomic mass is 16.2. The minimum atomic E-state index is -0.372. The van der Waals surface area contributed by atoms with E-state index in [0.717, 1.165) is 12.8 Å². The Labute approximate surface area is 93.8 Å². The fourth-order valence-corrected chi connectivity index (χ4v) is 1.53. The molecule has 90 valence electrons. The Hall–Kier alpha value is -0.570. The Kier molecular flexibility index (Phi) is 6.57. The molecule has 0 aliphatic heterocycles. The fraction of sp³-hybridized carbons (Fsp3) is 0.917. The van der Waals surface area contributed by atoms with Crippen molar-refractivity contribution in [2.75, 3.05) is 0 Å². The average Bonchev–Trinajstić information content (AvgIpc) is 2.22. The van der Waals surface area contributed by atoms with E-state index in [-0.39, 0.29) is 23.9 Å². The van der Waals surface area contributed by atoms with Crippen molar-refractivity contribution in [3.05, 3.63) is 0 Å². The molecule has 0 radical (unpaired) electrons. The van der Waals surface area contributed by atoms with E-state index in [1.165, 1.54) is 0 Å². The van der Waals surface area contributed by atoms with Gasteiger partial charge in [-0.2, -0.15) is 0 Å². The van der Waals surface area contributed by atoms with Gasteiger partial charge in [-0.3, -0.25) is 4.79 Å². The molecule has 2 unspecified atom stereocenters. The van der Waals surface area contributed by atoms with Crippen LogP contribution < -0.4 is 11.1 Å². The molecule has 3 nitrogen and oxygen atoms in total. The first-order valence-electron chi connectivity index (χ1n) is 5.99. The number of nitrogens with one attached hydrogen (secondary N) is 1. The third-order valence-electron chi connectivity index (χ3n) is 3.13. The molecule has 15 heavy (non-hydrogen) atoms. The number of nitrogens with two attached hydrogens (primary N) is 1. The molecule has 0 aromatic heterocycles. The standard InChI is InChI=1S/C12H26N2O/c1-6-9(5)11(13)12(15)14-10(7-2)8(3)4/h8-11H,6-7,13H2,1-5H3,(H,14,15)/t9?,10?,11-/m0/s1. The largest absolute Gasteiger partial charge is 0.352 e. The van der Waals surface area contributed by atoms with Gasteiger partial charge in [-0.25, -0.2) is 0 Å². The van der Waals surface area contributed by atoms with Crippen LogP contribution in [0.4, 0.5) is 0 Å². The smallest absolute Gasteiger partial charge is 0.237 e. The Balaban J connectivity index is 4.22. The number of hydrogen-bond acceptors (Lipinski definition) is 2. The molecule has 0 saturated heterocycles. The zero-order chi connectivity index (χ0) is 12.0. The monoisotopic (exact) mass is 214 g/mol. The van der Waals surface area contributed by atoms with Crippen LogP contribution in [0.5, 0.6) is 0 Å². The highest BCUT2D eigenvalue weighted by Crippen LogP contribution is 2.09. The summed E-state index contributed by atoms with van der Waals surface area (Å²) >= 11 is 0. The van der Waals surface area contributed by atoms with Crippen LogP contribution in [0.3, 0.4) is 0 Å². The molecule has 0 aromatic rings. The number of amides is 1. The molecule has 0 fully saturated rings. The first kappa shape index (κ1) is 14.4. The van der Waals surface area contributed by atoms with Crippen LogP contribution >= 0.6 is 0 Å². The maximum atomic E-state index is 11.8. The van der Waals surface area contributed by atoms with E-state index in [4.69, 9.17) is 5.73 Å². The molecule has 0 aliphatic rings. The molecule has 0 spiro atoms. The highest BCUT2D eigenvalue weighted by molar-refractivity contribution is 5.82. The molecule has 0 saturated carbocycles. The van der Waals surface area contributed by atoms with E-state index in [0.29, 0.717) is 5.92 Å². The molecular formula is C12H26N2O. The van der Waals surface area contributed by atoms with Gasteiger partial charge in [0.1, 0.15) is 0 Å². The van der Waals surface area contributed by atoms with Crippen LogP contribution in [0.1, 0.15) is 47.5 Å². The predicted octanol–water partition coefficient (Wildman–Crippen LogP) is 1.91. The Morgan fingerprint density at radius 2 is 1.73 bits per heavy atom. The van der Waals surface area contributed by atoms with E-state index in [9.17, 15) is 4.79 Å². The van der Waals surface area contributed by atoms with Crippen molar-refractivity contribution >= 4 is 5.91 Å². The Morgan fingerprint density at radius 3 is 2.07 bits per heavy atom. The Bertz CT molecular complexity index is 192. The highest BCUT2D eigenvalue weighted by Gasteiger charge is 2.22. The van der Waals surface area contributed by atoms with Crippen molar-refractivity contribution in [1.29, 1.82) is 0 Å². The number of rotatable bonds is 6. The summed E-state index contributed by atoms with van der Waals surface area (Å²) in [5.41, 5.74) is 5.86. The van der Waals surface area contributed by atoms with Crippen molar-refractivity contribution in [3.8, 4) is 0 Å². The average molecular weight is 214 g/mol. The molecular weight excluding hydrogens is 188 g/mol. The summed E-state index contributed by atoms with van der Waals surface area (Å²) < 4.78 is 0. The normalized spacial score (nSPS) is 17.3. The second-order valence-corrected chi connectivity index (χ2v) is 4.68. The molecule has 0 bridgehead atoms. The van der Waals surface area contributed by atoms with Crippen LogP contribution in [-0.4, -0.2) is 18.0 Å². The zero-order valence-corrected chi connectivity index (χ0v) is 10.7. The van der Waals surface area contributed by atoms with E-state index >= 15 is 0 Å². The van der Waals surface area contributed by atoms with E-state index in [1.54, 1.807) is 0 Å². The molecule has 3 N–H and O–H groups in total. The van der Waals surface area contributed by atoms with E-state index in [2.05, 4.69) is 33.0 Å². The van der Waals surface area contributed by atoms with Crippen LogP contribution in [0.2, 0.25) is 0 Å². The third kappa shape index (κ3) is 4.65. The van der Waals surface area contributed by atoms with Gasteiger partial charge < -0.3 is 11.1 Å². The molecule has 3 atom stereocenters. The molecule has 0 rings (SSSR count). The van der Waals surface area contributed by atoms with Crippen LogP contribution in [0.25, 0.3) is 0 Å². The molecule has 1 amide bonds. The lowest BCUT2D eigenvalue weighted by molar-refractivity contribution is -0.124. The molecule has 0 heterocycles. The summed E-state index contributed by atoms with van der Waals surface area (Å²) in [6.45, 7) is 10.4. The van der Waals surface area contributed by atoms with Gasteiger partial charge in [-0.15, -0.1) is 0 Å². The summed E-state index contributed by atoms with van der Waals surface area (Å²) in [5, 5.41) is 3.02. The maximum absolute atomic E-state index is 11.8. The van der Waals surface area contributed by atoms with Gasteiger partial charge in [0.15, 0.2) is 0 Å². The van der Waals surface area contributed by atoms with Crippen molar-refractivity contribution in [2.45, 2.75) is 59.5 Å². The van der Waals surface area contributed by atoms with Gasteiger partial charge >= 0.3 is 0 Å². The topological polar surface area (TPSA) is 55.1 Å². The second-order valence-electron chi connectivity index (χ2n) is 4.68. The lowest BCUT2D eigenvalue weighted by Gasteiger charge is -2.24. The minimum Gasteiger partial charge on any atom is -0.352 e. The summed E-state index contributed by atoms with van der Waals surface area (Å²) in [4.78, 5) is 11.8. The number of carbonyl (C=O) groups excluding carboxylic acids is 1. The van der Waals surface area contributed by atoms with Gasteiger partial charge in [0.25, 0.3) is 0 Å². The minimum absolute atomic E-state index is 0.00935. The van der Waals surface area contributed by atoms with Crippen molar-refractivity contribution in [1.82, 2.24) is 5.32 Å². The van der Waals surface area contributed by atoms with Crippen molar-refractivity contribution < 1.29 is 4.79 Å². The lowest BCUT2D eigenvalue weighted by atomic mass is 9.97. The lowest BCUT2D eigenvalue weighted by Crippen LogP contribution is -2.49. The van der Waals surface area contributed by atoms with Crippen molar-refractivity contribution in [2.24, 2.45) is 17.6 Å². The number of hydrogen-bond donors (Lipinski definition) is 2. The van der Waals surface area contributed by atoms with Crippen LogP contribution in [-0.2, 0) is 4.79 Å². The van der Waals surface area contributed by atoms with Gasteiger partial charge in [-0.05, 0) is 18.3 Å². The van der Waals surface area contributed by atoms with Crippen LogP contribution in [0, 0.1) is 11.8 Å². The van der Waals surface area contributed by atoms with E-state index in [1.807, 2.05) is 6.92 Å². The van der Waals surface area contributed by atoms with Crippen LogP contribution in [0.15, 0.2) is 0 Å². The quantitative estimate of drug-likeness (QED) is 0.709. The molecule has 0 aromatic carbocycles. The summed E-state index contributed by atoms with van der Waals surface area (Å²) in [6, 6.07) is -0.129. The first-order chi connectivity index (χ1) is 6.93. The van der Waals surface area contributed by atoms with Gasteiger partial charge in [0.2, 0.25) is 5.91 Å². The van der Waals surface area contributed by atoms with Gasteiger partial charge in [-0.1, -0.05) is 41.0 Å². The fourth-order valence-electron chi connectivity index (χ4n) is 1.53. The second kappa shape index (κ2) is 6.83. The molecule has 3 heteroatoms. The molecule has 0 aliphatic carbocycles. The predicted molar refractivity (Wildman–Crippen MR) is 64.5 cm³/mol. The number of carbonyl (C=O) groups is 1. The van der Waals surface area contributed by atoms with Crippen molar-refractivity contribution in [3.63, 3.8) is 0 Å². The summed E-state index contributed by atoms with van der Waals surface area (Å²) in [6.07, 6.45) is 1.89. The zero-order valence-electron chi connectivity index (χ0n) is 10.7. The van der Waals surface area contributed by atoms with Gasteiger partial charge in [0.05, 0.1) is 6.04 Å². The third-order valence-corrected chi connectivity index (χ3v) is 3.13. The van der Waals surface area contributed by atoms with Gasteiger partial charge in [0, 0.05) is 6.04 Å². The van der Waals surface area contributed by atoms with E-state index < -0.39 is 0 Å². The summed E-state index contributed by atoms with van der Waals surface area (Å²) in [7, 11) is 0. The summed E-state index contributed by atoms with van der Waals surface area (Å²) in [5.74, 6) is 0.697. The maximum Gasteiger partial charge on any atom is 0.237 e.